The fourth-order valence-corrected chi connectivity index (χ4v) is 1.18. The summed E-state index contributed by atoms with van der Waals surface area (Å²) in [5.74, 6) is 0.333. The standard InChI is InChI=1S/C7H8INO/c1-9-5-2-3-7(10)6(8)4-5/h2-4,9-10H,1H3. The molecule has 2 N–H and O–H groups in total. The number of phenols is 1. The minimum Gasteiger partial charge on any atom is -0.507 e. The molecule has 2 nitrogen and oxygen atoms in total. The molecule has 0 heterocycles. The average molecular weight is 249 g/mol. The SMILES string of the molecule is CNc1ccc(O)c(I)c1. The highest BCUT2D eigenvalue weighted by molar-refractivity contribution is 14.1. The Hall–Kier alpha value is -0.450. The van der Waals surface area contributed by atoms with Crippen molar-refractivity contribution in [1.29, 1.82) is 0 Å². The van der Waals surface area contributed by atoms with E-state index in [-0.39, 0.29) is 0 Å². The third-order valence-electron chi connectivity index (χ3n) is 1.24. The maximum atomic E-state index is 9.10. The van der Waals surface area contributed by atoms with Crippen molar-refractivity contribution in [3.8, 4) is 5.75 Å². The van der Waals surface area contributed by atoms with Crippen LogP contribution in [0.1, 0.15) is 0 Å². The van der Waals surface area contributed by atoms with Crippen LogP contribution in [0.15, 0.2) is 18.2 Å². The molecule has 0 radical (unpaired) electrons. The number of halogens is 1. The van der Waals surface area contributed by atoms with Gasteiger partial charge in [-0.2, -0.15) is 0 Å². The van der Waals surface area contributed by atoms with Crippen molar-refractivity contribution in [2.75, 3.05) is 12.4 Å². The number of aromatic hydroxyl groups is 1. The van der Waals surface area contributed by atoms with E-state index in [9.17, 15) is 0 Å². The Morgan fingerprint density at radius 1 is 1.50 bits per heavy atom. The van der Waals surface area contributed by atoms with Crippen LogP contribution in [0.4, 0.5) is 5.69 Å². The maximum absolute atomic E-state index is 9.10. The Balaban J connectivity index is 3.04. The van der Waals surface area contributed by atoms with Crippen LogP contribution in [0.3, 0.4) is 0 Å². The van der Waals surface area contributed by atoms with Gasteiger partial charge in [-0.1, -0.05) is 0 Å². The summed E-state index contributed by atoms with van der Waals surface area (Å²) in [5, 5.41) is 12.1. The summed E-state index contributed by atoms with van der Waals surface area (Å²) >= 11 is 2.08. The minimum atomic E-state index is 0.333. The number of rotatable bonds is 1. The molecule has 0 spiro atoms. The number of hydrogen-bond acceptors (Lipinski definition) is 2. The van der Waals surface area contributed by atoms with Crippen LogP contribution in [0.2, 0.25) is 0 Å². The summed E-state index contributed by atoms with van der Waals surface area (Å²) in [6.07, 6.45) is 0. The predicted molar refractivity (Wildman–Crippen MR) is 50.4 cm³/mol. The summed E-state index contributed by atoms with van der Waals surface area (Å²) in [4.78, 5) is 0. The third kappa shape index (κ3) is 1.53. The predicted octanol–water partition coefficient (Wildman–Crippen LogP) is 2.04. The summed E-state index contributed by atoms with van der Waals surface area (Å²) in [5.41, 5.74) is 1.02. The Labute approximate surface area is 73.4 Å². The van der Waals surface area contributed by atoms with Crippen molar-refractivity contribution in [2.24, 2.45) is 0 Å². The Morgan fingerprint density at radius 3 is 2.70 bits per heavy atom. The lowest BCUT2D eigenvalue weighted by atomic mass is 10.3. The molecule has 1 rings (SSSR count). The molecule has 0 bridgehead atoms. The number of anilines is 1. The van der Waals surface area contributed by atoms with Gasteiger partial charge in [-0.05, 0) is 40.8 Å². The van der Waals surface area contributed by atoms with Gasteiger partial charge < -0.3 is 10.4 Å². The van der Waals surface area contributed by atoms with Crippen LogP contribution in [0.5, 0.6) is 5.75 Å². The van der Waals surface area contributed by atoms with Crippen LogP contribution in [0, 0.1) is 3.57 Å². The molecule has 0 saturated heterocycles. The van der Waals surface area contributed by atoms with Crippen molar-refractivity contribution < 1.29 is 5.11 Å². The third-order valence-corrected chi connectivity index (χ3v) is 2.10. The van der Waals surface area contributed by atoms with E-state index in [1.807, 2.05) is 19.2 Å². The first kappa shape index (κ1) is 7.65. The van der Waals surface area contributed by atoms with Crippen LogP contribution in [-0.2, 0) is 0 Å². The molecule has 0 fully saturated rings. The van der Waals surface area contributed by atoms with E-state index >= 15 is 0 Å². The van der Waals surface area contributed by atoms with E-state index in [1.165, 1.54) is 0 Å². The van der Waals surface area contributed by atoms with E-state index in [2.05, 4.69) is 27.9 Å². The quantitative estimate of drug-likeness (QED) is 0.589. The summed E-state index contributed by atoms with van der Waals surface area (Å²) in [6.45, 7) is 0. The average Bonchev–Trinajstić information content (AvgIpc) is 1.95. The maximum Gasteiger partial charge on any atom is 0.129 e. The lowest BCUT2D eigenvalue weighted by Gasteiger charge is -2.00. The van der Waals surface area contributed by atoms with Crippen molar-refractivity contribution in [3.63, 3.8) is 0 Å². The smallest absolute Gasteiger partial charge is 0.129 e. The molecular formula is C7H8INO. The molecule has 0 aliphatic rings. The van der Waals surface area contributed by atoms with Crippen LogP contribution in [-0.4, -0.2) is 12.2 Å². The van der Waals surface area contributed by atoms with Crippen molar-refractivity contribution in [1.82, 2.24) is 0 Å². The van der Waals surface area contributed by atoms with Gasteiger partial charge in [0.2, 0.25) is 0 Å². The first-order chi connectivity index (χ1) is 4.74. The highest BCUT2D eigenvalue weighted by atomic mass is 127. The highest BCUT2D eigenvalue weighted by Gasteiger charge is 1.95. The van der Waals surface area contributed by atoms with Crippen LogP contribution in [0.25, 0.3) is 0 Å². The molecule has 10 heavy (non-hydrogen) atoms. The van der Waals surface area contributed by atoms with Gasteiger partial charge in [0.1, 0.15) is 5.75 Å². The molecular weight excluding hydrogens is 241 g/mol. The minimum absolute atomic E-state index is 0.333. The second-order valence-corrected chi connectivity index (χ2v) is 3.08. The summed E-state index contributed by atoms with van der Waals surface area (Å²) in [6, 6.07) is 5.39. The van der Waals surface area contributed by atoms with Gasteiger partial charge in [0.05, 0.1) is 3.57 Å². The Bertz CT molecular complexity index is 237. The summed E-state index contributed by atoms with van der Waals surface area (Å²) in [7, 11) is 1.85. The van der Waals surface area contributed by atoms with Crippen molar-refractivity contribution in [3.05, 3.63) is 21.8 Å². The van der Waals surface area contributed by atoms with Crippen LogP contribution < -0.4 is 5.32 Å². The number of benzene rings is 1. The fraction of sp³-hybridized carbons (Fsp3) is 0.143. The first-order valence-electron chi connectivity index (χ1n) is 2.90. The second kappa shape index (κ2) is 3.09. The molecule has 1 aromatic carbocycles. The lowest BCUT2D eigenvalue weighted by Crippen LogP contribution is -1.87. The fourth-order valence-electron chi connectivity index (χ4n) is 0.662. The molecule has 0 aliphatic carbocycles. The monoisotopic (exact) mass is 249 g/mol. The van der Waals surface area contributed by atoms with E-state index < -0.39 is 0 Å². The molecule has 0 aliphatic heterocycles. The Morgan fingerprint density at radius 2 is 2.20 bits per heavy atom. The van der Waals surface area contributed by atoms with Gasteiger partial charge in [-0.3, -0.25) is 0 Å². The normalized spacial score (nSPS) is 9.40. The zero-order valence-corrected chi connectivity index (χ0v) is 7.71. The van der Waals surface area contributed by atoms with E-state index in [4.69, 9.17) is 5.11 Å². The molecule has 0 saturated carbocycles. The van der Waals surface area contributed by atoms with Gasteiger partial charge in [-0.15, -0.1) is 0 Å². The molecule has 3 heteroatoms. The largest absolute Gasteiger partial charge is 0.507 e. The molecule has 1 aromatic rings. The summed E-state index contributed by atoms with van der Waals surface area (Å²) < 4.78 is 0.865. The van der Waals surface area contributed by atoms with Gasteiger partial charge in [0, 0.05) is 12.7 Å². The van der Waals surface area contributed by atoms with Gasteiger partial charge in [0.25, 0.3) is 0 Å². The van der Waals surface area contributed by atoms with Gasteiger partial charge in [0.15, 0.2) is 0 Å². The molecule has 0 atom stereocenters. The number of nitrogens with one attached hydrogen (secondary N) is 1. The molecule has 0 amide bonds. The Kier molecular flexibility index (Phi) is 2.37. The van der Waals surface area contributed by atoms with Crippen molar-refractivity contribution >= 4 is 28.3 Å². The van der Waals surface area contributed by atoms with Gasteiger partial charge >= 0.3 is 0 Å². The van der Waals surface area contributed by atoms with Crippen LogP contribution >= 0.6 is 22.6 Å². The van der Waals surface area contributed by atoms with E-state index in [0.717, 1.165) is 9.26 Å². The highest BCUT2D eigenvalue weighted by Crippen LogP contribution is 2.22. The zero-order chi connectivity index (χ0) is 7.56. The first-order valence-corrected chi connectivity index (χ1v) is 3.98. The zero-order valence-electron chi connectivity index (χ0n) is 5.56. The molecule has 0 unspecified atom stereocenters. The van der Waals surface area contributed by atoms with E-state index in [1.54, 1.807) is 6.07 Å². The number of hydrogen-bond donors (Lipinski definition) is 2. The molecule has 54 valence electrons. The lowest BCUT2D eigenvalue weighted by molar-refractivity contribution is 0.471. The number of phenolic OH excluding ortho intramolecular Hbond substituents is 1. The second-order valence-electron chi connectivity index (χ2n) is 1.92. The van der Waals surface area contributed by atoms with Crippen molar-refractivity contribution in [2.45, 2.75) is 0 Å². The topological polar surface area (TPSA) is 32.3 Å². The van der Waals surface area contributed by atoms with E-state index in [0.29, 0.717) is 5.75 Å². The van der Waals surface area contributed by atoms with Gasteiger partial charge in [-0.25, -0.2) is 0 Å². The molecule has 0 aromatic heterocycles.